The molecule has 278 valence electrons. The first-order chi connectivity index (χ1) is 23.7. The standard InChI is InChI=1S/C38H52BF3N4O5/c1-34(2)14-16-46(23-34)35(3,4)20-25(21-43)32(47)45-15-8-9-28(22-45)49-33(48)44-31(17-24-10-12-26(13-11-24)38(40,41)42)39-50-30-19-27-18-29(36(27,5)6)37(30,7)51-39/h10-13,20,27-31H,8-9,14-19,22-23H2,1-7H3,(H,44,48)/t27-,28-,29-,30+,31-,37-/m0/s1. The number of hydrogen-bond donors (Lipinski definition) is 1. The van der Waals surface area contributed by atoms with Gasteiger partial charge in [0.05, 0.1) is 29.8 Å². The highest BCUT2D eigenvalue weighted by molar-refractivity contribution is 6.48. The summed E-state index contributed by atoms with van der Waals surface area (Å²) < 4.78 is 58.8. The van der Waals surface area contributed by atoms with E-state index in [2.05, 4.69) is 50.9 Å². The molecule has 6 atom stereocenters. The number of nitriles is 1. The number of hydrogen-bond acceptors (Lipinski definition) is 7. The zero-order chi connectivity index (χ0) is 37.1. The predicted molar refractivity (Wildman–Crippen MR) is 186 cm³/mol. The maximum Gasteiger partial charge on any atom is 0.482 e. The first-order valence-corrected chi connectivity index (χ1v) is 18.4. The molecule has 3 saturated heterocycles. The fourth-order valence-electron chi connectivity index (χ4n) is 9.29. The molecular formula is C38H52BF3N4O5. The summed E-state index contributed by atoms with van der Waals surface area (Å²) in [6, 6.07) is 6.99. The lowest BCUT2D eigenvalue weighted by Gasteiger charge is -2.64. The second-order valence-electron chi connectivity index (χ2n) is 17.6. The highest BCUT2D eigenvalue weighted by Crippen LogP contribution is 2.65. The molecule has 3 aliphatic carbocycles. The third-order valence-electron chi connectivity index (χ3n) is 12.6. The number of benzene rings is 1. The first-order valence-electron chi connectivity index (χ1n) is 18.4. The monoisotopic (exact) mass is 712 g/mol. The van der Waals surface area contributed by atoms with Crippen LogP contribution in [-0.4, -0.2) is 84.4 Å². The SMILES string of the molecule is CC1(C)CCN(C(C)(C)C=C(C#N)C(=O)N2CCC[C@H](OC(=O)N[C@@H](Cc3ccc(C(F)(F)F)cc3)B3O[C@@H]4C[C@@H]5C[C@@H](C5(C)C)[C@]4(C)O3)C2)C1. The number of amides is 2. The van der Waals surface area contributed by atoms with E-state index in [1.165, 1.54) is 12.1 Å². The van der Waals surface area contributed by atoms with Gasteiger partial charge >= 0.3 is 19.4 Å². The quantitative estimate of drug-likeness (QED) is 0.185. The molecule has 2 bridgehead atoms. The zero-order valence-electron chi connectivity index (χ0n) is 30.9. The molecule has 0 aromatic heterocycles. The van der Waals surface area contributed by atoms with Gasteiger partial charge in [-0.15, -0.1) is 0 Å². The van der Waals surface area contributed by atoms with Crippen molar-refractivity contribution in [2.45, 2.75) is 122 Å². The summed E-state index contributed by atoms with van der Waals surface area (Å²) in [5, 5.41) is 12.9. The molecule has 1 N–H and O–H groups in total. The third-order valence-corrected chi connectivity index (χ3v) is 12.6. The second kappa shape index (κ2) is 13.4. The maximum atomic E-state index is 13.6. The van der Waals surface area contributed by atoms with E-state index in [0.717, 1.165) is 44.5 Å². The lowest BCUT2D eigenvalue weighted by molar-refractivity contribution is -0.199. The van der Waals surface area contributed by atoms with Gasteiger partial charge in [0.2, 0.25) is 0 Å². The number of rotatable bonds is 8. The molecule has 3 aliphatic heterocycles. The van der Waals surface area contributed by atoms with Crippen molar-refractivity contribution in [2.24, 2.45) is 22.7 Å². The Morgan fingerprint density at radius 3 is 2.45 bits per heavy atom. The third kappa shape index (κ3) is 7.56. The van der Waals surface area contributed by atoms with Gasteiger partial charge in [-0.1, -0.05) is 39.8 Å². The van der Waals surface area contributed by atoms with Crippen LogP contribution in [0.2, 0.25) is 0 Å². The van der Waals surface area contributed by atoms with Gasteiger partial charge in [0.1, 0.15) is 17.7 Å². The van der Waals surface area contributed by atoms with Crippen molar-refractivity contribution >= 4 is 19.1 Å². The van der Waals surface area contributed by atoms with Crippen LogP contribution in [0.1, 0.15) is 91.7 Å². The van der Waals surface area contributed by atoms with Crippen molar-refractivity contribution < 1.29 is 36.8 Å². The Bertz CT molecular complexity index is 1570. The molecule has 3 heterocycles. The van der Waals surface area contributed by atoms with Gasteiger partial charge in [-0.3, -0.25) is 9.69 Å². The zero-order valence-corrected chi connectivity index (χ0v) is 30.9. The molecule has 1 aromatic carbocycles. The van der Waals surface area contributed by atoms with E-state index in [1.54, 1.807) is 11.0 Å². The van der Waals surface area contributed by atoms with Crippen LogP contribution in [0.4, 0.5) is 18.0 Å². The van der Waals surface area contributed by atoms with E-state index in [-0.39, 0.29) is 47.3 Å². The number of nitrogens with zero attached hydrogens (tertiary/aromatic N) is 3. The predicted octanol–water partition coefficient (Wildman–Crippen LogP) is 6.56. The molecule has 13 heteroatoms. The van der Waals surface area contributed by atoms with Crippen LogP contribution in [0.5, 0.6) is 0 Å². The average molecular weight is 713 g/mol. The molecule has 9 nitrogen and oxygen atoms in total. The van der Waals surface area contributed by atoms with Gasteiger partial charge in [0, 0.05) is 18.6 Å². The molecule has 7 rings (SSSR count). The topological polar surface area (TPSA) is 104 Å². The highest BCUT2D eigenvalue weighted by atomic mass is 19.4. The number of carbonyl (C=O) groups excluding carboxylic acids is 2. The number of alkyl halides is 3. The Morgan fingerprint density at radius 2 is 1.84 bits per heavy atom. The molecule has 51 heavy (non-hydrogen) atoms. The summed E-state index contributed by atoms with van der Waals surface area (Å²) in [7, 11) is -0.831. The van der Waals surface area contributed by atoms with Crippen molar-refractivity contribution in [3.63, 3.8) is 0 Å². The van der Waals surface area contributed by atoms with E-state index >= 15 is 0 Å². The molecule has 2 amide bonds. The molecule has 6 aliphatic rings. The van der Waals surface area contributed by atoms with Crippen molar-refractivity contribution in [3.8, 4) is 6.07 Å². The van der Waals surface area contributed by atoms with Crippen molar-refractivity contribution in [1.82, 2.24) is 15.1 Å². The molecule has 6 fully saturated rings. The van der Waals surface area contributed by atoms with Gasteiger partial charge in [-0.05, 0) is 112 Å². The summed E-state index contributed by atoms with van der Waals surface area (Å²) in [4.78, 5) is 31.0. The van der Waals surface area contributed by atoms with E-state index in [0.29, 0.717) is 30.9 Å². The number of likely N-dealkylation sites (tertiary alicyclic amines) is 2. The van der Waals surface area contributed by atoms with Crippen molar-refractivity contribution in [3.05, 3.63) is 47.0 Å². The molecule has 1 aromatic rings. The number of halogens is 3. The Labute approximate surface area is 300 Å². The smallest absolute Gasteiger partial charge is 0.444 e. The highest BCUT2D eigenvalue weighted by Gasteiger charge is 2.68. The van der Waals surface area contributed by atoms with Crippen LogP contribution in [0.3, 0.4) is 0 Å². The van der Waals surface area contributed by atoms with Gasteiger partial charge in [0.15, 0.2) is 0 Å². The summed E-state index contributed by atoms with van der Waals surface area (Å²) in [5.41, 5.74) is -0.878. The van der Waals surface area contributed by atoms with Crippen LogP contribution in [0, 0.1) is 34.0 Å². The fraction of sp³-hybridized carbons (Fsp3) is 0.711. The lowest BCUT2D eigenvalue weighted by atomic mass is 9.43. The minimum Gasteiger partial charge on any atom is -0.444 e. The van der Waals surface area contributed by atoms with Crippen LogP contribution in [-0.2, 0) is 31.4 Å². The lowest BCUT2D eigenvalue weighted by Crippen LogP contribution is -2.65. The van der Waals surface area contributed by atoms with Crippen molar-refractivity contribution in [2.75, 3.05) is 26.2 Å². The average Bonchev–Trinajstić information content (AvgIpc) is 3.62. The second-order valence-corrected chi connectivity index (χ2v) is 17.6. The van der Waals surface area contributed by atoms with Crippen LogP contribution in [0.25, 0.3) is 0 Å². The van der Waals surface area contributed by atoms with Gasteiger partial charge in [-0.2, -0.15) is 18.4 Å². The minimum atomic E-state index is -4.46. The first kappa shape index (κ1) is 37.7. The Hall–Kier alpha value is -3.08. The van der Waals surface area contributed by atoms with Gasteiger partial charge < -0.3 is 24.3 Å². The summed E-state index contributed by atoms with van der Waals surface area (Å²) in [5.74, 6) is -0.337. The number of ether oxygens (including phenoxy) is 1. The maximum absolute atomic E-state index is 13.6. The summed E-state index contributed by atoms with van der Waals surface area (Å²) in [6.45, 7) is 17.4. The largest absolute Gasteiger partial charge is 0.482 e. The number of piperidine rings is 1. The Morgan fingerprint density at radius 1 is 1.14 bits per heavy atom. The normalized spacial score (nSPS) is 31.0. The number of alkyl carbamates (subject to hydrolysis) is 1. The van der Waals surface area contributed by atoms with Crippen molar-refractivity contribution in [1.29, 1.82) is 5.26 Å². The van der Waals surface area contributed by atoms with E-state index in [1.807, 2.05) is 13.8 Å². The molecule has 0 unspecified atom stereocenters. The van der Waals surface area contributed by atoms with Gasteiger partial charge in [0.25, 0.3) is 5.91 Å². The molecular weight excluding hydrogens is 660 g/mol. The molecule has 0 spiro atoms. The van der Waals surface area contributed by atoms with E-state index in [4.69, 9.17) is 14.0 Å². The summed E-state index contributed by atoms with van der Waals surface area (Å²) in [6.07, 6.45) is 0.00940. The molecule has 3 saturated carbocycles. The Kier molecular flexibility index (Phi) is 9.90. The number of nitrogens with one attached hydrogen (secondary N) is 1. The summed E-state index contributed by atoms with van der Waals surface area (Å²) >= 11 is 0. The number of carbonyl (C=O) groups is 2. The van der Waals surface area contributed by atoms with Crippen LogP contribution < -0.4 is 5.32 Å². The van der Waals surface area contributed by atoms with Gasteiger partial charge in [-0.25, -0.2) is 4.79 Å². The molecule has 0 radical (unpaired) electrons. The fourth-order valence-corrected chi connectivity index (χ4v) is 9.29. The van der Waals surface area contributed by atoms with Crippen LogP contribution >= 0.6 is 0 Å². The minimum absolute atomic E-state index is 0.0676. The van der Waals surface area contributed by atoms with E-state index in [9.17, 15) is 28.0 Å². The van der Waals surface area contributed by atoms with Crippen LogP contribution in [0.15, 0.2) is 35.9 Å². The van der Waals surface area contributed by atoms with E-state index < -0.39 is 48.1 Å². The Balaban J connectivity index is 1.13.